The molecule has 0 bridgehead atoms. The fourth-order valence-electron chi connectivity index (χ4n) is 1.32. The standard InChI is InChI=1S/C9H13N5S2/c1-13(2)5-7-10-4-6(16-7)8-11-12-9(15)14(8)3/h4H,5H2,1-3H3,(H,12,15). The number of rotatable bonds is 3. The van der Waals surface area contributed by atoms with E-state index in [1.54, 1.807) is 11.3 Å². The highest BCUT2D eigenvalue weighted by Crippen LogP contribution is 2.24. The van der Waals surface area contributed by atoms with Gasteiger partial charge in [-0.1, -0.05) is 0 Å². The van der Waals surface area contributed by atoms with Gasteiger partial charge in [-0.05, 0) is 26.3 Å². The van der Waals surface area contributed by atoms with Gasteiger partial charge in [-0.15, -0.1) is 11.3 Å². The van der Waals surface area contributed by atoms with Gasteiger partial charge in [0.05, 0.1) is 4.88 Å². The number of hydrogen-bond acceptors (Lipinski definition) is 5. The maximum atomic E-state index is 5.07. The van der Waals surface area contributed by atoms with Gasteiger partial charge in [-0.25, -0.2) is 4.98 Å². The Morgan fingerprint density at radius 3 is 2.88 bits per heavy atom. The fraction of sp³-hybridized carbons (Fsp3) is 0.444. The van der Waals surface area contributed by atoms with Gasteiger partial charge in [-0.2, -0.15) is 5.10 Å². The molecule has 0 aliphatic rings. The summed E-state index contributed by atoms with van der Waals surface area (Å²) in [5, 5.41) is 8.03. The molecule has 0 fully saturated rings. The lowest BCUT2D eigenvalue weighted by molar-refractivity contribution is 0.401. The minimum absolute atomic E-state index is 0.623. The van der Waals surface area contributed by atoms with Gasteiger partial charge in [-0.3, -0.25) is 5.10 Å². The molecule has 0 aromatic carbocycles. The van der Waals surface area contributed by atoms with Crippen molar-refractivity contribution in [2.75, 3.05) is 14.1 Å². The molecule has 0 spiro atoms. The van der Waals surface area contributed by atoms with E-state index < -0.39 is 0 Å². The second-order valence-electron chi connectivity index (χ2n) is 3.77. The molecule has 1 N–H and O–H groups in total. The van der Waals surface area contributed by atoms with Gasteiger partial charge in [0.15, 0.2) is 10.6 Å². The Hall–Kier alpha value is -1.05. The molecule has 2 heterocycles. The van der Waals surface area contributed by atoms with Gasteiger partial charge in [0.2, 0.25) is 0 Å². The maximum absolute atomic E-state index is 5.07. The Morgan fingerprint density at radius 1 is 1.56 bits per heavy atom. The van der Waals surface area contributed by atoms with Crippen LogP contribution in [0.2, 0.25) is 0 Å². The van der Waals surface area contributed by atoms with E-state index in [4.69, 9.17) is 12.2 Å². The Kier molecular flexibility index (Phi) is 3.17. The van der Waals surface area contributed by atoms with Crippen LogP contribution in [0, 0.1) is 4.77 Å². The summed E-state index contributed by atoms with van der Waals surface area (Å²) in [6.07, 6.45) is 1.84. The van der Waals surface area contributed by atoms with Crippen LogP contribution in [0.4, 0.5) is 0 Å². The molecule has 2 aromatic rings. The van der Waals surface area contributed by atoms with Crippen molar-refractivity contribution in [3.05, 3.63) is 16.0 Å². The molecule has 86 valence electrons. The van der Waals surface area contributed by atoms with E-state index in [0.717, 1.165) is 22.3 Å². The molecule has 0 atom stereocenters. The van der Waals surface area contributed by atoms with E-state index in [0.29, 0.717) is 4.77 Å². The summed E-state index contributed by atoms with van der Waals surface area (Å²) in [5.41, 5.74) is 0. The van der Waals surface area contributed by atoms with Crippen molar-refractivity contribution in [1.82, 2.24) is 24.6 Å². The molecule has 16 heavy (non-hydrogen) atoms. The lowest BCUT2D eigenvalue weighted by Crippen LogP contribution is -2.09. The number of aromatic nitrogens is 4. The molecular formula is C9H13N5S2. The monoisotopic (exact) mass is 255 g/mol. The molecule has 0 aliphatic carbocycles. The molecule has 0 radical (unpaired) electrons. The number of aromatic amines is 1. The van der Waals surface area contributed by atoms with Crippen LogP contribution < -0.4 is 0 Å². The van der Waals surface area contributed by atoms with Crippen molar-refractivity contribution in [3.8, 4) is 10.7 Å². The minimum atomic E-state index is 0.623. The molecule has 0 amide bonds. The van der Waals surface area contributed by atoms with E-state index in [2.05, 4.69) is 20.1 Å². The van der Waals surface area contributed by atoms with Crippen LogP contribution in [-0.4, -0.2) is 38.7 Å². The summed E-state index contributed by atoms with van der Waals surface area (Å²) in [6, 6.07) is 0. The van der Waals surface area contributed by atoms with Crippen molar-refractivity contribution in [2.45, 2.75) is 6.54 Å². The van der Waals surface area contributed by atoms with Crippen LogP contribution in [0.15, 0.2) is 6.20 Å². The fourth-order valence-corrected chi connectivity index (χ4v) is 2.52. The van der Waals surface area contributed by atoms with Crippen LogP contribution in [0.1, 0.15) is 5.01 Å². The van der Waals surface area contributed by atoms with Crippen molar-refractivity contribution in [2.24, 2.45) is 7.05 Å². The second-order valence-corrected chi connectivity index (χ2v) is 5.27. The first-order valence-corrected chi connectivity index (χ1v) is 6.01. The van der Waals surface area contributed by atoms with Crippen molar-refractivity contribution in [3.63, 3.8) is 0 Å². The summed E-state index contributed by atoms with van der Waals surface area (Å²) in [5.74, 6) is 0.840. The minimum Gasteiger partial charge on any atom is -0.303 e. The van der Waals surface area contributed by atoms with Gasteiger partial charge >= 0.3 is 0 Å². The molecule has 0 saturated carbocycles. The third-order valence-corrected chi connectivity index (χ3v) is 3.45. The number of hydrogen-bond donors (Lipinski definition) is 1. The summed E-state index contributed by atoms with van der Waals surface area (Å²) >= 11 is 6.71. The van der Waals surface area contributed by atoms with Crippen molar-refractivity contribution < 1.29 is 0 Å². The third-order valence-electron chi connectivity index (χ3n) is 2.11. The topological polar surface area (TPSA) is 49.7 Å². The predicted octanol–water partition coefficient (Wildman–Crippen LogP) is 1.66. The lowest BCUT2D eigenvalue weighted by Gasteiger charge is -2.04. The summed E-state index contributed by atoms with van der Waals surface area (Å²) < 4.78 is 2.47. The highest BCUT2D eigenvalue weighted by atomic mass is 32.1. The SMILES string of the molecule is CN(C)Cc1ncc(-c2n[nH]c(=S)n2C)s1. The van der Waals surface area contributed by atoms with E-state index in [9.17, 15) is 0 Å². The first-order valence-electron chi connectivity index (χ1n) is 4.79. The quantitative estimate of drug-likeness (QED) is 0.848. The van der Waals surface area contributed by atoms with Crippen LogP contribution in [0.5, 0.6) is 0 Å². The summed E-state index contributed by atoms with van der Waals surface area (Å²) in [7, 11) is 5.94. The largest absolute Gasteiger partial charge is 0.303 e. The average Bonchev–Trinajstić information content (AvgIpc) is 2.75. The smallest absolute Gasteiger partial charge is 0.195 e. The highest BCUT2D eigenvalue weighted by molar-refractivity contribution is 7.71. The maximum Gasteiger partial charge on any atom is 0.195 e. The normalized spacial score (nSPS) is 11.2. The average molecular weight is 255 g/mol. The first-order chi connectivity index (χ1) is 7.58. The lowest BCUT2D eigenvalue weighted by atomic mass is 10.5. The Labute approximate surface area is 103 Å². The van der Waals surface area contributed by atoms with Gasteiger partial charge in [0, 0.05) is 19.8 Å². The van der Waals surface area contributed by atoms with Gasteiger partial charge in [0.25, 0.3) is 0 Å². The van der Waals surface area contributed by atoms with Crippen molar-refractivity contribution in [1.29, 1.82) is 0 Å². The molecule has 7 heteroatoms. The van der Waals surface area contributed by atoms with E-state index >= 15 is 0 Å². The molecule has 0 unspecified atom stereocenters. The Bertz CT molecular complexity index is 536. The molecule has 0 aliphatic heterocycles. The first kappa shape index (κ1) is 11.4. The number of H-pyrrole nitrogens is 1. The summed E-state index contributed by atoms with van der Waals surface area (Å²) in [4.78, 5) is 7.48. The molecule has 2 rings (SSSR count). The van der Waals surface area contributed by atoms with Crippen LogP contribution >= 0.6 is 23.6 Å². The molecule has 5 nitrogen and oxygen atoms in total. The summed E-state index contributed by atoms with van der Waals surface area (Å²) in [6.45, 7) is 0.847. The van der Waals surface area contributed by atoms with Crippen molar-refractivity contribution >= 4 is 23.6 Å². The Morgan fingerprint density at radius 2 is 2.31 bits per heavy atom. The zero-order valence-electron chi connectivity index (χ0n) is 9.39. The van der Waals surface area contributed by atoms with Crippen LogP contribution in [0.25, 0.3) is 10.7 Å². The van der Waals surface area contributed by atoms with E-state index in [1.165, 1.54) is 0 Å². The molecular weight excluding hydrogens is 242 g/mol. The van der Waals surface area contributed by atoms with E-state index in [1.807, 2.05) is 31.9 Å². The molecule has 2 aromatic heterocycles. The van der Waals surface area contributed by atoms with Crippen LogP contribution in [-0.2, 0) is 13.6 Å². The zero-order valence-corrected chi connectivity index (χ0v) is 11.0. The second kappa shape index (κ2) is 4.44. The predicted molar refractivity (Wildman–Crippen MR) is 66.9 cm³/mol. The van der Waals surface area contributed by atoms with E-state index in [-0.39, 0.29) is 0 Å². The Balaban J connectivity index is 2.31. The van der Waals surface area contributed by atoms with Gasteiger partial charge < -0.3 is 9.47 Å². The third kappa shape index (κ3) is 2.21. The number of nitrogens with zero attached hydrogens (tertiary/aromatic N) is 4. The highest BCUT2D eigenvalue weighted by Gasteiger charge is 2.10. The number of nitrogens with one attached hydrogen (secondary N) is 1. The zero-order chi connectivity index (χ0) is 11.7. The van der Waals surface area contributed by atoms with Crippen LogP contribution in [0.3, 0.4) is 0 Å². The number of thiazole rings is 1. The molecule has 0 saturated heterocycles. The van der Waals surface area contributed by atoms with Gasteiger partial charge in [0.1, 0.15) is 5.01 Å².